The molecule has 5 heteroatoms. The third-order valence-electron chi connectivity index (χ3n) is 4.46. The van der Waals surface area contributed by atoms with Gasteiger partial charge in [-0.3, -0.25) is 0 Å². The van der Waals surface area contributed by atoms with Crippen LogP contribution in [-0.4, -0.2) is 16.0 Å². The standard InChI is InChI=1S/C21H21BrN4/c1-13-10-16(22)11-14(2)20(13)25-19-12-18(15-6-4-3-5-7-15)24-21(26-19)23-17-8-9-17/h3-7,10-12,17H,8-9H2,1-2H3,(H2,23,24,25,26). The molecule has 1 heterocycles. The van der Waals surface area contributed by atoms with E-state index in [2.05, 4.69) is 64.7 Å². The molecule has 4 nitrogen and oxygen atoms in total. The Hall–Kier alpha value is -2.40. The molecule has 132 valence electrons. The van der Waals surface area contributed by atoms with Gasteiger partial charge in [-0.15, -0.1) is 0 Å². The normalized spacial score (nSPS) is 13.5. The summed E-state index contributed by atoms with van der Waals surface area (Å²) in [5.74, 6) is 1.49. The molecule has 1 fully saturated rings. The van der Waals surface area contributed by atoms with Crippen molar-refractivity contribution in [3.05, 3.63) is 64.1 Å². The molecule has 2 aromatic carbocycles. The molecule has 0 aliphatic heterocycles. The Balaban J connectivity index is 1.73. The first-order valence-electron chi connectivity index (χ1n) is 8.83. The first-order chi connectivity index (χ1) is 12.6. The Morgan fingerprint density at radius 3 is 2.31 bits per heavy atom. The lowest BCUT2D eigenvalue weighted by Crippen LogP contribution is -2.08. The summed E-state index contributed by atoms with van der Waals surface area (Å²) in [4.78, 5) is 9.41. The molecule has 26 heavy (non-hydrogen) atoms. The molecule has 0 spiro atoms. The number of aryl methyl sites for hydroxylation is 2. The van der Waals surface area contributed by atoms with Gasteiger partial charge in [0.05, 0.1) is 5.69 Å². The van der Waals surface area contributed by atoms with E-state index in [1.54, 1.807) is 0 Å². The monoisotopic (exact) mass is 408 g/mol. The van der Waals surface area contributed by atoms with Crippen LogP contribution in [0.1, 0.15) is 24.0 Å². The van der Waals surface area contributed by atoms with E-state index in [0.29, 0.717) is 12.0 Å². The molecule has 0 unspecified atom stereocenters. The SMILES string of the molecule is Cc1cc(Br)cc(C)c1Nc1cc(-c2ccccc2)nc(NC2CC2)n1. The van der Waals surface area contributed by atoms with Crippen LogP contribution in [0.15, 0.2) is 53.0 Å². The van der Waals surface area contributed by atoms with Crippen molar-refractivity contribution in [3.63, 3.8) is 0 Å². The van der Waals surface area contributed by atoms with Crippen LogP contribution in [0.25, 0.3) is 11.3 Å². The predicted molar refractivity (Wildman–Crippen MR) is 111 cm³/mol. The Morgan fingerprint density at radius 1 is 0.962 bits per heavy atom. The van der Waals surface area contributed by atoms with E-state index in [0.717, 1.165) is 27.2 Å². The summed E-state index contributed by atoms with van der Waals surface area (Å²) in [5, 5.41) is 6.92. The van der Waals surface area contributed by atoms with Gasteiger partial charge in [-0.05, 0) is 49.9 Å². The Morgan fingerprint density at radius 2 is 1.65 bits per heavy atom. The highest BCUT2D eigenvalue weighted by atomic mass is 79.9. The second-order valence-electron chi connectivity index (χ2n) is 6.79. The van der Waals surface area contributed by atoms with Crippen molar-refractivity contribution in [2.75, 3.05) is 10.6 Å². The lowest BCUT2D eigenvalue weighted by molar-refractivity contribution is 1.06. The summed E-state index contributed by atoms with van der Waals surface area (Å²) in [6.45, 7) is 4.20. The van der Waals surface area contributed by atoms with E-state index < -0.39 is 0 Å². The van der Waals surface area contributed by atoms with Gasteiger partial charge in [-0.2, -0.15) is 4.98 Å². The third-order valence-corrected chi connectivity index (χ3v) is 4.91. The summed E-state index contributed by atoms with van der Waals surface area (Å²) in [6.07, 6.45) is 2.37. The number of nitrogens with one attached hydrogen (secondary N) is 2. The van der Waals surface area contributed by atoms with E-state index in [1.807, 2.05) is 24.3 Å². The fraction of sp³-hybridized carbons (Fsp3) is 0.238. The fourth-order valence-electron chi connectivity index (χ4n) is 2.98. The molecule has 0 bridgehead atoms. The molecule has 0 radical (unpaired) electrons. The van der Waals surface area contributed by atoms with Crippen LogP contribution in [0, 0.1) is 13.8 Å². The first-order valence-corrected chi connectivity index (χ1v) is 9.62. The number of benzene rings is 2. The van der Waals surface area contributed by atoms with Gasteiger partial charge in [-0.1, -0.05) is 46.3 Å². The van der Waals surface area contributed by atoms with Crippen molar-refractivity contribution in [1.29, 1.82) is 0 Å². The zero-order chi connectivity index (χ0) is 18.1. The molecular weight excluding hydrogens is 388 g/mol. The summed E-state index contributed by atoms with van der Waals surface area (Å²) in [6, 6.07) is 17.0. The molecule has 4 rings (SSSR count). The topological polar surface area (TPSA) is 49.8 Å². The van der Waals surface area contributed by atoms with Gasteiger partial charge in [-0.25, -0.2) is 4.98 Å². The van der Waals surface area contributed by atoms with E-state index in [4.69, 9.17) is 9.97 Å². The van der Waals surface area contributed by atoms with Crippen LogP contribution in [0.5, 0.6) is 0 Å². The quantitative estimate of drug-likeness (QED) is 0.556. The smallest absolute Gasteiger partial charge is 0.225 e. The van der Waals surface area contributed by atoms with E-state index in [-0.39, 0.29) is 0 Å². The lowest BCUT2D eigenvalue weighted by atomic mass is 10.1. The molecular formula is C21H21BrN4. The number of hydrogen-bond acceptors (Lipinski definition) is 4. The van der Waals surface area contributed by atoms with E-state index in [9.17, 15) is 0 Å². The van der Waals surface area contributed by atoms with Crippen LogP contribution >= 0.6 is 15.9 Å². The van der Waals surface area contributed by atoms with Crippen molar-refractivity contribution < 1.29 is 0 Å². The van der Waals surface area contributed by atoms with Gasteiger partial charge in [0, 0.05) is 27.8 Å². The van der Waals surface area contributed by atoms with E-state index in [1.165, 1.54) is 24.0 Å². The minimum absolute atomic E-state index is 0.505. The molecule has 0 saturated heterocycles. The predicted octanol–water partition coefficient (Wildman–Crippen LogP) is 5.84. The van der Waals surface area contributed by atoms with Gasteiger partial charge in [0.2, 0.25) is 5.95 Å². The second kappa shape index (κ2) is 7.08. The van der Waals surface area contributed by atoms with Crippen molar-refractivity contribution in [3.8, 4) is 11.3 Å². The van der Waals surface area contributed by atoms with Crippen LogP contribution in [0.3, 0.4) is 0 Å². The molecule has 1 aromatic heterocycles. The zero-order valence-corrected chi connectivity index (χ0v) is 16.5. The maximum absolute atomic E-state index is 4.71. The Bertz CT molecular complexity index is 913. The Labute approximate surface area is 162 Å². The minimum Gasteiger partial charge on any atom is -0.351 e. The highest BCUT2D eigenvalue weighted by Crippen LogP contribution is 2.30. The number of nitrogens with zero attached hydrogens (tertiary/aromatic N) is 2. The molecule has 1 aliphatic carbocycles. The average molecular weight is 409 g/mol. The van der Waals surface area contributed by atoms with Gasteiger partial charge in [0.25, 0.3) is 0 Å². The maximum atomic E-state index is 4.71. The largest absolute Gasteiger partial charge is 0.351 e. The molecule has 1 saturated carbocycles. The van der Waals surface area contributed by atoms with Crippen LogP contribution in [-0.2, 0) is 0 Å². The minimum atomic E-state index is 0.505. The van der Waals surface area contributed by atoms with Crippen LogP contribution < -0.4 is 10.6 Å². The van der Waals surface area contributed by atoms with Gasteiger partial charge >= 0.3 is 0 Å². The molecule has 3 aromatic rings. The number of anilines is 3. The van der Waals surface area contributed by atoms with Crippen LogP contribution in [0.4, 0.5) is 17.5 Å². The highest BCUT2D eigenvalue weighted by Gasteiger charge is 2.22. The zero-order valence-electron chi connectivity index (χ0n) is 14.9. The summed E-state index contributed by atoms with van der Waals surface area (Å²) < 4.78 is 1.09. The van der Waals surface area contributed by atoms with E-state index >= 15 is 0 Å². The summed E-state index contributed by atoms with van der Waals surface area (Å²) >= 11 is 3.56. The summed E-state index contributed by atoms with van der Waals surface area (Å²) in [5.41, 5.74) is 5.44. The third kappa shape index (κ3) is 3.88. The number of aromatic nitrogens is 2. The fourth-order valence-corrected chi connectivity index (χ4v) is 3.67. The number of hydrogen-bond donors (Lipinski definition) is 2. The van der Waals surface area contributed by atoms with Crippen molar-refractivity contribution in [1.82, 2.24) is 9.97 Å². The number of rotatable bonds is 5. The van der Waals surface area contributed by atoms with Gasteiger partial charge in [0.1, 0.15) is 5.82 Å². The molecule has 2 N–H and O–H groups in total. The number of halogens is 1. The first kappa shape index (κ1) is 17.0. The van der Waals surface area contributed by atoms with Crippen molar-refractivity contribution >= 4 is 33.4 Å². The molecule has 0 amide bonds. The summed E-state index contributed by atoms with van der Waals surface area (Å²) in [7, 11) is 0. The van der Waals surface area contributed by atoms with Crippen molar-refractivity contribution in [2.45, 2.75) is 32.7 Å². The highest BCUT2D eigenvalue weighted by molar-refractivity contribution is 9.10. The van der Waals surface area contributed by atoms with Crippen LogP contribution in [0.2, 0.25) is 0 Å². The molecule has 1 aliphatic rings. The second-order valence-corrected chi connectivity index (χ2v) is 7.70. The lowest BCUT2D eigenvalue weighted by Gasteiger charge is -2.15. The molecule has 0 atom stereocenters. The van der Waals surface area contributed by atoms with Gasteiger partial charge in [0.15, 0.2) is 0 Å². The maximum Gasteiger partial charge on any atom is 0.225 e. The average Bonchev–Trinajstić information content (AvgIpc) is 3.43. The van der Waals surface area contributed by atoms with Crippen molar-refractivity contribution in [2.24, 2.45) is 0 Å². The Kier molecular flexibility index (Phi) is 4.64. The van der Waals surface area contributed by atoms with Gasteiger partial charge < -0.3 is 10.6 Å².